The summed E-state index contributed by atoms with van der Waals surface area (Å²) in [4.78, 5) is 10.1. The largest absolute Gasteiger partial charge is 0.373 e. The number of hydrogen-bond acceptors (Lipinski definition) is 5. The number of nitro groups is 1. The highest BCUT2D eigenvalue weighted by molar-refractivity contribution is 9.10. The number of halogens is 1. The van der Waals surface area contributed by atoms with Crippen molar-refractivity contribution in [2.45, 2.75) is 31.0 Å². The fraction of sp³-hybridized carbons (Fsp3) is 0.500. The minimum atomic E-state index is -3.94. The molecule has 0 radical (unpaired) electrons. The average molecular weight is 379 g/mol. The third kappa shape index (κ3) is 3.42. The molecule has 0 aliphatic carbocycles. The Morgan fingerprint density at radius 3 is 2.43 bits per heavy atom. The van der Waals surface area contributed by atoms with Gasteiger partial charge in [-0.1, -0.05) is 15.9 Å². The second-order valence-electron chi connectivity index (χ2n) is 4.95. The zero-order valence-corrected chi connectivity index (χ0v) is 13.9. The number of sulfonamides is 1. The Morgan fingerprint density at radius 2 is 1.90 bits per heavy atom. The molecule has 7 nitrogen and oxygen atoms in total. The number of ether oxygens (including phenoxy) is 1. The van der Waals surface area contributed by atoms with Gasteiger partial charge in [0.2, 0.25) is 10.0 Å². The molecule has 1 aromatic rings. The maximum absolute atomic E-state index is 12.7. The second-order valence-corrected chi connectivity index (χ2v) is 7.77. The van der Waals surface area contributed by atoms with Crippen LogP contribution in [0.5, 0.6) is 0 Å². The van der Waals surface area contributed by atoms with Crippen LogP contribution in [-0.4, -0.2) is 42.9 Å². The van der Waals surface area contributed by atoms with Crippen LogP contribution in [0.25, 0.3) is 0 Å². The lowest BCUT2D eigenvalue weighted by atomic mass is 10.3. The average Bonchev–Trinajstić information content (AvgIpc) is 2.37. The summed E-state index contributed by atoms with van der Waals surface area (Å²) in [6.45, 7) is 3.90. The minimum Gasteiger partial charge on any atom is -0.373 e. The van der Waals surface area contributed by atoms with Crippen LogP contribution < -0.4 is 0 Å². The molecule has 116 valence electrons. The van der Waals surface area contributed by atoms with Gasteiger partial charge in [0.1, 0.15) is 0 Å². The van der Waals surface area contributed by atoms with E-state index in [4.69, 9.17) is 4.74 Å². The van der Waals surface area contributed by atoms with Crippen LogP contribution in [0, 0.1) is 10.1 Å². The molecule has 1 heterocycles. The van der Waals surface area contributed by atoms with E-state index in [1.165, 1.54) is 22.5 Å². The first-order valence-corrected chi connectivity index (χ1v) is 8.54. The summed E-state index contributed by atoms with van der Waals surface area (Å²) in [5.41, 5.74) is -0.426. The lowest BCUT2D eigenvalue weighted by Crippen LogP contribution is -2.48. The van der Waals surface area contributed by atoms with Crippen molar-refractivity contribution in [2.75, 3.05) is 13.1 Å². The molecule has 9 heteroatoms. The van der Waals surface area contributed by atoms with E-state index >= 15 is 0 Å². The van der Waals surface area contributed by atoms with E-state index in [-0.39, 0.29) is 30.2 Å². The topological polar surface area (TPSA) is 89.8 Å². The minimum absolute atomic E-state index is 0.177. The van der Waals surface area contributed by atoms with Crippen LogP contribution in [0.2, 0.25) is 0 Å². The Hall–Kier alpha value is -1.03. The van der Waals surface area contributed by atoms with Crippen LogP contribution >= 0.6 is 15.9 Å². The molecule has 0 saturated carbocycles. The highest BCUT2D eigenvalue weighted by Gasteiger charge is 2.36. The van der Waals surface area contributed by atoms with Crippen molar-refractivity contribution in [2.24, 2.45) is 0 Å². The maximum atomic E-state index is 12.7. The second kappa shape index (κ2) is 5.99. The number of nitro benzene ring substituents is 1. The standard InChI is InChI=1S/C12H15BrN2O5S/c1-8-6-14(7-9(2)20-8)21(18,19)12-5-10(13)3-4-11(12)15(16)17/h3-5,8-9H,6-7H2,1-2H3. The Balaban J connectivity index is 2.49. The highest BCUT2D eigenvalue weighted by atomic mass is 79.9. The molecule has 1 fully saturated rings. The van der Waals surface area contributed by atoms with E-state index in [2.05, 4.69) is 15.9 Å². The zero-order chi connectivity index (χ0) is 15.8. The summed E-state index contributed by atoms with van der Waals surface area (Å²) in [6, 6.07) is 3.89. The molecule has 2 unspecified atom stereocenters. The van der Waals surface area contributed by atoms with E-state index in [0.29, 0.717) is 4.47 Å². The Bertz CT molecular complexity index is 654. The number of nitrogens with zero attached hydrogens (tertiary/aromatic N) is 2. The Labute approximate surface area is 131 Å². The van der Waals surface area contributed by atoms with Gasteiger partial charge in [0.25, 0.3) is 5.69 Å². The number of morpholine rings is 1. The van der Waals surface area contributed by atoms with Crippen molar-refractivity contribution in [3.05, 3.63) is 32.8 Å². The fourth-order valence-electron chi connectivity index (χ4n) is 2.31. The molecule has 21 heavy (non-hydrogen) atoms. The van der Waals surface area contributed by atoms with Crippen LogP contribution in [0.1, 0.15) is 13.8 Å². The van der Waals surface area contributed by atoms with Gasteiger partial charge in [0.15, 0.2) is 4.90 Å². The SMILES string of the molecule is CC1CN(S(=O)(=O)c2cc(Br)ccc2[N+](=O)[O-])CC(C)O1. The van der Waals surface area contributed by atoms with Crippen molar-refractivity contribution in [1.82, 2.24) is 4.31 Å². The Kier molecular flexibility index (Phi) is 4.66. The van der Waals surface area contributed by atoms with Gasteiger partial charge in [-0.3, -0.25) is 10.1 Å². The van der Waals surface area contributed by atoms with Crippen molar-refractivity contribution in [3.63, 3.8) is 0 Å². The van der Waals surface area contributed by atoms with Gasteiger partial charge in [-0.25, -0.2) is 8.42 Å². The first-order chi connectivity index (χ1) is 9.71. The molecular formula is C12H15BrN2O5S. The van der Waals surface area contributed by atoms with Gasteiger partial charge in [-0.15, -0.1) is 0 Å². The van der Waals surface area contributed by atoms with Crippen molar-refractivity contribution in [1.29, 1.82) is 0 Å². The molecule has 2 rings (SSSR count). The van der Waals surface area contributed by atoms with Gasteiger partial charge in [-0.05, 0) is 26.0 Å². The highest BCUT2D eigenvalue weighted by Crippen LogP contribution is 2.31. The zero-order valence-electron chi connectivity index (χ0n) is 11.5. The van der Waals surface area contributed by atoms with Crippen molar-refractivity contribution < 1.29 is 18.1 Å². The van der Waals surface area contributed by atoms with E-state index in [0.717, 1.165) is 0 Å². The summed E-state index contributed by atoms with van der Waals surface area (Å²) in [7, 11) is -3.94. The summed E-state index contributed by atoms with van der Waals surface area (Å²) in [5.74, 6) is 0. The van der Waals surface area contributed by atoms with Crippen LogP contribution in [0.4, 0.5) is 5.69 Å². The summed E-state index contributed by atoms with van der Waals surface area (Å²) in [6.07, 6.45) is -0.510. The van der Waals surface area contributed by atoms with E-state index in [9.17, 15) is 18.5 Å². The van der Waals surface area contributed by atoms with Crippen LogP contribution in [-0.2, 0) is 14.8 Å². The van der Waals surface area contributed by atoms with Crippen LogP contribution in [0.15, 0.2) is 27.6 Å². The molecule has 1 aliphatic heterocycles. The lowest BCUT2D eigenvalue weighted by Gasteiger charge is -2.34. The molecule has 0 spiro atoms. The van der Waals surface area contributed by atoms with E-state index < -0.39 is 20.6 Å². The van der Waals surface area contributed by atoms with Crippen LogP contribution in [0.3, 0.4) is 0 Å². The molecule has 1 aliphatic rings. The predicted molar refractivity (Wildman–Crippen MR) is 79.6 cm³/mol. The lowest BCUT2D eigenvalue weighted by molar-refractivity contribution is -0.387. The fourth-order valence-corrected chi connectivity index (χ4v) is 4.60. The molecule has 0 bridgehead atoms. The molecule has 1 saturated heterocycles. The van der Waals surface area contributed by atoms with E-state index in [1.54, 1.807) is 13.8 Å². The molecule has 0 N–H and O–H groups in total. The number of rotatable bonds is 3. The smallest absolute Gasteiger partial charge is 0.289 e. The predicted octanol–water partition coefficient (Wildman–Crippen LogP) is 2.16. The van der Waals surface area contributed by atoms with Gasteiger partial charge in [-0.2, -0.15) is 4.31 Å². The van der Waals surface area contributed by atoms with Gasteiger partial charge in [0.05, 0.1) is 17.1 Å². The third-order valence-corrected chi connectivity index (χ3v) is 5.48. The first-order valence-electron chi connectivity index (χ1n) is 6.31. The molecule has 0 amide bonds. The molecular weight excluding hydrogens is 364 g/mol. The summed E-state index contributed by atoms with van der Waals surface area (Å²) >= 11 is 3.16. The van der Waals surface area contributed by atoms with Crippen molar-refractivity contribution in [3.8, 4) is 0 Å². The molecule has 0 aromatic heterocycles. The van der Waals surface area contributed by atoms with Gasteiger partial charge in [0, 0.05) is 23.6 Å². The molecule has 1 aromatic carbocycles. The normalized spacial score (nSPS) is 24.0. The third-order valence-electron chi connectivity index (χ3n) is 3.12. The number of benzene rings is 1. The van der Waals surface area contributed by atoms with Crippen molar-refractivity contribution >= 4 is 31.6 Å². The quantitative estimate of drug-likeness (QED) is 0.593. The monoisotopic (exact) mass is 378 g/mol. The number of hydrogen-bond donors (Lipinski definition) is 0. The molecule has 2 atom stereocenters. The Morgan fingerprint density at radius 1 is 1.33 bits per heavy atom. The first kappa shape index (κ1) is 16.3. The maximum Gasteiger partial charge on any atom is 0.289 e. The van der Waals surface area contributed by atoms with Gasteiger partial charge >= 0.3 is 0 Å². The van der Waals surface area contributed by atoms with Gasteiger partial charge < -0.3 is 4.74 Å². The summed E-state index contributed by atoms with van der Waals surface area (Å²) < 4.78 is 32.6. The summed E-state index contributed by atoms with van der Waals surface area (Å²) in [5, 5.41) is 11.1. The van der Waals surface area contributed by atoms with E-state index in [1.807, 2.05) is 0 Å².